The zero-order chi connectivity index (χ0) is 14.5. The molecule has 104 valence electrons. The number of ether oxygens (including phenoxy) is 1. The van der Waals surface area contributed by atoms with E-state index in [0.29, 0.717) is 6.42 Å². The van der Waals surface area contributed by atoms with Crippen LogP contribution in [0.25, 0.3) is 0 Å². The molecule has 1 atom stereocenters. The van der Waals surface area contributed by atoms with Gasteiger partial charge in [-0.3, -0.25) is 11.3 Å². The molecule has 0 fully saturated rings. The SMILES string of the molecule is COc1ccc(Br)c(C(CC#CC(C)(C)C)NN)c1. The Labute approximate surface area is 124 Å². The standard InChI is InChI=1S/C15H21BrN2O/c1-15(2,3)9-5-6-14(18-17)12-10-11(19-4)7-8-13(12)16/h7-8,10,14,18H,6,17H2,1-4H3. The Balaban J connectivity index is 2.93. The summed E-state index contributed by atoms with van der Waals surface area (Å²) < 4.78 is 6.23. The molecule has 0 aromatic heterocycles. The molecule has 1 aromatic rings. The van der Waals surface area contributed by atoms with Crippen molar-refractivity contribution in [3.05, 3.63) is 28.2 Å². The van der Waals surface area contributed by atoms with Crippen LogP contribution in [0.4, 0.5) is 0 Å². The van der Waals surface area contributed by atoms with E-state index in [1.165, 1.54) is 0 Å². The number of nitrogens with one attached hydrogen (secondary N) is 1. The van der Waals surface area contributed by atoms with Gasteiger partial charge in [0.05, 0.1) is 13.2 Å². The summed E-state index contributed by atoms with van der Waals surface area (Å²) in [5.74, 6) is 12.8. The van der Waals surface area contributed by atoms with Crippen molar-refractivity contribution in [1.82, 2.24) is 5.43 Å². The van der Waals surface area contributed by atoms with Crippen LogP contribution in [-0.2, 0) is 0 Å². The lowest BCUT2D eigenvalue weighted by Gasteiger charge is -2.16. The fraction of sp³-hybridized carbons (Fsp3) is 0.467. The average molecular weight is 325 g/mol. The van der Waals surface area contributed by atoms with Gasteiger partial charge in [-0.1, -0.05) is 21.9 Å². The minimum absolute atomic E-state index is 0.00472. The van der Waals surface area contributed by atoms with Gasteiger partial charge in [0, 0.05) is 16.3 Å². The Kier molecular flexibility index (Phi) is 5.86. The van der Waals surface area contributed by atoms with Crippen LogP contribution in [0.5, 0.6) is 5.75 Å². The smallest absolute Gasteiger partial charge is 0.119 e. The molecule has 3 nitrogen and oxygen atoms in total. The highest BCUT2D eigenvalue weighted by Gasteiger charge is 2.13. The monoisotopic (exact) mass is 324 g/mol. The van der Waals surface area contributed by atoms with E-state index in [9.17, 15) is 0 Å². The summed E-state index contributed by atoms with van der Waals surface area (Å²) in [5, 5.41) is 0. The molecule has 0 heterocycles. The van der Waals surface area contributed by atoms with Crippen LogP contribution in [0.1, 0.15) is 38.8 Å². The van der Waals surface area contributed by atoms with Crippen molar-refractivity contribution >= 4 is 15.9 Å². The second kappa shape index (κ2) is 6.95. The highest BCUT2D eigenvalue weighted by molar-refractivity contribution is 9.10. The molecule has 0 saturated heterocycles. The minimum Gasteiger partial charge on any atom is -0.497 e. The fourth-order valence-electron chi connectivity index (χ4n) is 1.59. The van der Waals surface area contributed by atoms with Crippen molar-refractivity contribution in [2.24, 2.45) is 11.3 Å². The first kappa shape index (κ1) is 16.0. The lowest BCUT2D eigenvalue weighted by molar-refractivity contribution is 0.413. The summed E-state index contributed by atoms with van der Waals surface area (Å²) in [5.41, 5.74) is 3.86. The van der Waals surface area contributed by atoms with Crippen molar-refractivity contribution in [1.29, 1.82) is 0 Å². The van der Waals surface area contributed by atoms with Crippen molar-refractivity contribution in [2.75, 3.05) is 7.11 Å². The number of hydrogen-bond donors (Lipinski definition) is 2. The third kappa shape index (κ3) is 5.23. The third-order valence-electron chi connectivity index (χ3n) is 2.55. The Morgan fingerprint density at radius 1 is 1.42 bits per heavy atom. The van der Waals surface area contributed by atoms with Crippen LogP contribution < -0.4 is 16.0 Å². The maximum absolute atomic E-state index is 5.64. The summed E-state index contributed by atoms with van der Waals surface area (Å²) in [6.45, 7) is 6.27. The van der Waals surface area contributed by atoms with Crippen molar-refractivity contribution < 1.29 is 4.74 Å². The molecule has 0 spiro atoms. The zero-order valence-electron chi connectivity index (χ0n) is 11.9. The first-order valence-electron chi connectivity index (χ1n) is 6.17. The second-order valence-electron chi connectivity index (χ2n) is 5.36. The van der Waals surface area contributed by atoms with E-state index in [4.69, 9.17) is 10.6 Å². The molecule has 1 rings (SSSR count). The molecule has 3 N–H and O–H groups in total. The first-order chi connectivity index (χ1) is 8.87. The van der Waals surface area contributed by atoms with Crippen LogP contribution in [0, 0.1) is 17.3 Å². The molecular weight excluding hydrogens is 304 g/mol. The van der Waals surface area contributed by atoms with Crippen LogP contribution in [0.3, 0.4) is 0 Å². The maximum atomic E-state index is 5.64. The molecule has 0 radical (unpaired) electrons. The van der Waals surface area contributed by atoms with E-state index in [2.05, 4.69) is 54.0 Å². The van der Waals surface area contributed by atoms with E-state index < -0.39 is 0 Å². The van der Waals surface area contributed by atoms with Gasteiger partial charge >= 0.3 is 0 Å². The minimum atomic E-state index is -0.0284. The van der Waals surface area contributed by atoms with Crippen LogP contribution >= 0.6 is 15.9 Å². The Morgan fingerprint density at radius 2 is 2.11 bits per heavy atom. The van der Waals surface area contributed by atoms with Gasteiger partial charge < -0.3 is 4.74 Å². The topological polar surface area (TPSA) is 47.3 Å². The molecule has 0 aliphatic heterocycles. The quantitative estimate of drug-likeness (QED) is 0.507. The average Bonchev–Trinajstić information content (AvgIpc) is 2.34. The number of hydrogen-bond acceptors (Lipinski definition) is 3. The lowest BCUT2D eigenvalue weighted by atomic mass is 9.97. The summed E-state index contributed by atoms with van der Waals surface area (Å²) in [6, 6.07) is 5.80. The number of rotatable bonds is 4. The van der Waals surface area contributed by atoms with Crippen molar-refractivity contribution in [3.63, 3.8) is 0 Å². The summed E-state index contributed by atoms with van der Waals surface area (Å²) in [6.07, 6.45) is 0.652. The van der Waals surface area contributed by atoms with E-state index in [1.54, 1.807) is 7.11 Å². The van der Waals surface area contributed by atoms with Crippen molar-refractivity contribution in [2.45, 2.75) is 33.2 Å². The molecule has 0 aliphatic rings. The lowest BCUT2D eigenvalue weighted by Crippen LogP contribution is -2.28. The summed E-state index contributed by atoms with van der Waals surface area (Å²) >= 11 is 3.53. The number of nitrogens with two attached hydrogens (primary N) is 1. The van der Waals surface area contributed by atoms with Crippen LogP contribution in [0.2, 0.25) is 0 Å². The Bertz CT molecular complexity index is 483. The number of halogens is 1. The highest BCUT2D eigenvalue weighted by Crippen LogP contribution is 2.29. The van der Waals surface area contributed by atoms with Gasteiger partial charge in [-0.05, 0) is 44.5 Å². The van der Waals surface area contributed by atoms with Gasteiger partial charge in [0.1, 0.15) is 5.75 Å². The van der Waals surface area contributed by atoms with Gasteiger partial charge in [0.25, 0.3) is 0 Å². The Morgan fingerprint density at radius 3 is 2.63 bits per heavy atom. The molecule has 0 bridgehead atoms. The molecule has 1 unspecified atom stereocenters. The molecule has 4 heteroatoms. The predicted octanol–water partition coefficient (Wildman–Crippen LogP) is 3.40. The summed E-state index contributed by atoms with van der Waals surface area (Å²) in [4.78, 5) is 0. The molecule has 0 amide bonds. The predicted molar refractivity (Wildman–Crippen MR) is 82.6 cm³/mol. The van der Waals surface area contributed by atoms with Gasteiger partial charge in [0.15, 0.2) is 0 Å². The molecule has 0 aliphatic carbocycles. The number of methoxy groups -OCH3 is 1. The van der Waals surface area contributed by atoms with Gasteiger partial charge in [-0.2, -0.15) is 0 Å². The summed E-state index contributed by atoms with van der Waals surface area (Å²) in [7, 11) is 1.65. The fourth-order valence-corrected chi connectivity index (χ4v) is 2.12. The van der Waals surface area contributed by atoms with E-state index in [1.807, 2.05) is 18.2 Å². The van der Waals surface area contributed by atoms with Crippen LogP contribution in [0.15, 0.2) is 22.7 Å². The van der Waals surface area contributed by atoms with Gasteiger partial charge in [-0.15, -0.1) is 5.92 Å². The zero-order valence-corrected chi connectivity index (χ0v) is 13.5. The second-order valence-corrected chi connectivity index (χ2v) is 6.22. The molecule has 1 aromatic carbocycles. The third-order valence-corrected chi connectivity index (χ3v) is 3.27. The normalized spacial score (nSPS) is 12.5. The van der Waals surface area contributed by atoms with Crippen molar-refractivity contribution in [3.8, 4) is 17.6 Å². The van der Waals surface area contributed by atoms with E-state index >= 15 is 0 Å². The first-order valence-corrected chi connectivity index (χ1v) is 6.96. The molecular formula is C15H21BrN2O. The Hall–Kier alpha value is -1.02. The molecule has 19 heavy (non-hydrogen) atoms. The molecule has 0 saturated carbocycles. The van der Waals surface area contributed by atoms with Crippen LogP contribution in [-0.4, -0.2) is 7.11 Å². The van der Waals surface area contributed by atoms with Gasteiger partial charge in [-0.25, -0.2) is 0 Å². The van der Waals surface area contributed by atoms with E-state index in [-0.39, 0.29) is 11.5 Å². The highest BCUT2D eigenvalue weighted by atomic mass is 79.9. The number of benzene rings is 1. The van der Waals surface area contributed by atoms with Gasteiger partial charge in [0.2, 0.25) is 0 Å². The number of hydrazine groups is 1. The maximum Gasteiger partial charge on any atom is 0.119 e. The largest absolute Gasteiger partial charge is 0.497 e. The van der Waals surface area contributed by atoms with E-state index in [0.717, 1.165) is 15.8 Å².